The van der Waals surface area contributed by atoms with Gasteiger partial charge in [0.1, 0.15) is 5.82 Å². The van der Waals surface area contributed by atoms with Crippen LogP contribution in [0.1, 0.15) is 17.9 Å². The van der Waals surface area contributed by atoms with E-state index in [1.807, 2.05) is 17.7 Å². The van der Waals surface area contributed by atoms with Crippen molar-refractivity contribution in [3.8, 4) is 5.88 Å². The molecule has 1 aliphatic heterocycles. The van der Waals surface area contributed by atoms with Crippen molar-refractivity contribution >= 4 is 6.20 Å². The van der Waals surface area contributed by atoms with Crippen LogP contribution >= 0.6 is 0 Å². The van der Waals surface area contributed by atoms with E-state index in [2.05, 4.69) is 11.1 Å². The first-order valence-electron chi connectivity index (χ1n) is 4.11. The average Bonchev–Trinajstić information content (AvgIpc) is 2.40. The molecular weight excluding hydrogens is 152 g/mol. The lowest BCUT2D eigenvalue weighted by atomic mass is 10.2. The summed E-state index contributed by atoms with van der Waals surface area (Å²) in [5.74, 6) is 1.97. The molecule has 0 radical (unpaired) electrons. The van der Waals surface area contributed by atoms with Gasteiger partial charge in [-0.1, -0.05) is 6.08 Å². The summed E-state index contributed by atoms with van der Waals surface area (Å²) in [6.45, 7) is 1.97. The standard InChI is InChI=1S/C9H12N2O/c1-7-9(12-2)11-6-4-3-5-8(11)10-7/h4,6H,3,5H2,1-2H3. The molecule has 3 heteroatoms. The molecule has 1 aromatic heterocycles. The molecule has 2 rings (SSSR count). The van der Waals surface area contributed by atoms with Gasteiger partial charge in [-0.15, -0.1) is 0 Å². The number of hydrogen-bond acceptors (Lipinski definition) is 2. The molecule has 0 bridgehead atoms. The van der Waals surface area contributed by atoms with Gasteiger partial charge in [-0.2, -0.15) is 0 Å². The number of imidazole rings is 1. The Kier molecular flexibility index (Phi) is 1.64. The summed E-state index contributed by atoms with van der Waals surface area (Å²) in [5, 5.41) is 0. The Morgan fingerprint density at radius 3 is 3.17 bits per heavy atom. The minimum Gasteiger partial charge on any atom is -0.481 e. The molecule has 12 heavy (non-hydrogen) atoms. The molecule has 0 saturated carbocycles. The first-order valence-corrected chi connectivity index (χ1v) is 4.11. The van der Waals surface area contributed by atoms with Crippen molar-refractivity contribution in [2.75, 3.05) is 7.11 Å². The number of aromatic nitrogens is 2. The Morgan fingerprint density at radius 2 is 2.42 bits per heavy atom. The molecule has 0 saturated heterocycles. The van der Waals surface area contributed by atoms with Crippen LogP contribution in [0.4, 0.5) is 0 Å². The fourth-order valence-corrected chi connectivity index (χ4v) is 1.56. The first-order chi connectivity index (χ1) is 5.83. The van der Waals surface area contributed by atoms with E-state index in [9.17, 15) is 0 Å². The summed E-state index contributed by atoms with van der Waals surface area (Å²) >= 11 is 0. The van der Waals surface area contributed by atoms with Crippen LogP contribution in [-0.4, -0.2) is 16.7 Å². The van der Waals surface area contributed by atoms with Gasteiger partial charge in [0.15, 0.2) is 0 Å². The van der Waals surface area contributed by atoms with Crippen LogP contribution in [-0.2, 0) is 6.42 Å². The van der Waals surface area contributed by atoms with E-state index >= 15 is 0 Å². The second kappa shape index (κ2) is 2.66. The Bertz CT molecular complexity index is 326. The molecule has 3 nitrogen and oxygen atoms in total. The van der Waals surface area contributed by atoms with Crippen molar-refractivity contribution in [1.82, 2.24) is 9.55 Å². The monoisotopic (exact) mass is 164 g/mol. The number of hydrogen-bond donors (Lipinski definition) is 0. The third-order valence-corrected chi connectivity index (χ3v) is 2.09. The van der Waals surface area contributed by atoms with Gasteiger partial charge in [0.05, 0.1) is 12.8 Å². The molecule has 0 spiro atoms. The van der Waals surface area contributed by atoms with Gasteiger partial charge in [-0.3, -0.25) is 4.57 Å². The molecular formula is C9H12N2O. The van der Waals surface area contributed by atoms with Crippen molar-refractivity contribution in [2.45, 2.75) is 19.8 Å². The van der Waals surface area contributed by atoms with Crippen molar-refractivity contribution in [2.24, 2.45) is 0 Å². The molecule has 0 aromatic carbocycles. The van der Waals surface area contributed by atoms with E-state index in [4.69, 9.17) is 4.74 Å². The van der Waals surface area contributed by atoms with Crippen molar-refractivity contribution in [3.05, 3.63) is 17.6 Å². The number of aryl methyl sites for hydroxylation is 2. The van der Waals surface area contributed by atoms with Gasteiger partial charge in [0.2, 0.25) is 5.88 Å². The molecule has 2 heterocycles. The predicted molar refractivity (Wildman–Crippen MR) is 47.2 cm³/mol. The van der Waals surface area contributed by atoms with Crippen LogP contribution in [0.25, 0.3) is 6.20 Å². The normalized spacial score (nSPS) is 14.5. The summed E-state index contributed by atoms with van der Waals surface area (Å²) < 4.78 is 7.25. The summed E-state index contributed by atoms with van der Waals surface area (Å²) in [6, 6.07) is 0. The van der Waals surface area contributed by atoms with Crippen LogP contribution in [0.3, 0.4) is 0 Å². The number of ether oxygens (including phenoxy) is 1. The molecule has 0 atom stereocenters. The lowest BCUT2D eigenvalue weighted by Crippen LogP contribution is -2.02. The zero-order chi connectivity index (χ0) is 8.55. The Hall–Kier alpha value is -1.25. The smallest absolute Gasteiger partial charge is 0.220 e. The third kappa shape index (κ3) is 0.932. The molecule has 1 aromatic rings. The van der Waals surface area contributed by atoms with Gasteiger partial charge in [0, 0.05) is 12.6 Å². The molecule has 0 amide bonds. The maximum atomic E-state index is 5.23. The Labute approximate surface area is 71.7 Å². The first kappa shape index (κ1) is 7.40. The average molecular weight is 164 g/mol. The zero-order valence-corrected chi connectivity index (χ0v) is 7.37. The van der Waals surface area contributed by atoms with E-state index in [1.165, 1.54) is 0 Å². The van der Waals surface area contributed by atoms with Crippen LogP contribution < -0.4 is 4.74 Å². The Morgan fingerprint density at radius 1 is 1.58 bits per heavy atom. The van der Waals surface area contributed by atoms with E-state index in [0.29, 0.717) is 0 Å². The Balaban J connectivity index is 2.56. The number of methoxy groups -OCH3 is 1. The third-order valence-electron chi connectivity index (χ3n) is 2.09. The number of allylic oxidation sites excluding steroid dienone is 1. The van der Waals surface area contributed by atoms with Crippen molar-refractivity contribution in [3.63, 3.8) is 0 Å². The van der Waals surface area contributed by atoms with E-state index in [1.54, 1.807) is 7.11 Å². The number of nitrogens with zero attached hydrogens (tertiary/aromatic N) is 2. The summed E-state index contributed by atoms with van der Waals surface area (Å²) in [4.78, 5) is 4.41. The molecule has 64 valence electrons. The van der Waals surface area contributed by atoms with Gasteiger partial charge >= 0.3 is 0 Å². The predicted octanol–water partition coefficient (Wildman–Crippen LogP) is 1.62. The van der Waals surface area contributed by atoms with Gasteiger partial charge < -0.3 is 4.74 Å². The topological polar surface area (TPSA) is 27.1 Å². The quantitative estimate of drug-likeness (QED) is 0.630. The highest BCUT2D eigenvalue weighted by molar-refractivity contribution is 5.38. The highest BCUT2D eigenvalue weighted by Crippen LogP contribution is 2.23. The highest BCUT2D eigenvalue weighted by atomic mass is 16.5. The molecule has 0 fully saturated rings. The summed E-state index contributed by atoms with van der Waals surface area (Å²) in [5.41, 5.74) is 0.971. The minimum atomic E-state index is 0.862. The second-order valence-electron chi connectivity index (χ2n) is 2.92. The number of rotatable bonds is 1. The largest absolute Gasteiger partial charge is 0.481 e. The van der Waals surface area contributed by atoms with Crippen LogP contribution in [0, 0.1) is 6.92 Å². The minimum absolute atomic E-state index is 0.862. The molecule has 0 unspecified atom stereocenters. The van der Waals surface area contributed by atoms with E-state index < -0.39 is 0 Å². The summed E-state index contributed by atoms with van der Waals surface area (Å²) in [6.07, 6.45) is 6.26. The van der Waals surface area contributed by atoms with Gasteiger partial charge in [0.25, 0.3) is 0 Å². The van der Waals surface area contributed by atoms with Crippen LogP contribution in [0.2, 0.25) is 0 Å². The van der Waals surface area contributed by atoms with Crippen LogP contribution in [0.15, 0.2) is 6.08 Å². The second-order valence-corrected chi connectivity index (χ2v) is 2.92. The summed E-state index contributed by atoms with van der Waals surface area (Å²) in [7, 11) is 1.68. The molecule has 0 N–H and O–H groups in total. The molecule has 0 aliphatic carbocycles. The maximum Gasteiger partial charge on any atom is 0.220 e. The molecule has 1 aliphatic rings. The lowest BCUT2D eigenvalue weighted by molar-refractivity contribution is 0.387. The lowest BCUT2D eigenvalue weighted by Gasteiger charge is -2.08. The SMILES string of the molecule is COc1c(C)nc2n1C=CCC2. The fourth-order valence-electron chi connectivity index (χ4n) is 1.56. The van der Waals surface area contributed by atoms with Crippen LogP contribution in [0.5, 0.6) is 5.88 Å². The van der Waals surface area contributed by atoms with E-state index in [-0.39, 0.29) is 0 Å². The van der Waals surface area contributed by atoms with E-state index in [0.717, 1.165) is 30.2 Å². The fraction of sp³-hybridized carbons (Fsp3) is 0.444. The van der Waals surface area contributed by atoms with Gasteiger partial charge in [-0.05, 0) is 13.3 Å². The van der Waals surface area contributed by atoms with Crippen molar-refractivity contribution in [1.29, 1.82) is 0 Å². The highest BCUT2D eigenvalue weighted by Gasteiger charge is 2.14. The van der Waals surface area contributed by atoms with Gasteiger partial charge in [-0.25, -0.2) is 4.98 Å². The zero-order valence-electron chi connectivity index (χ0n) is 7.37. The number of fused-ring (bicyclic) bond motifs is 1. The van der Waals surface area contributed by atoms with Crippen molar-refractivity contribution < 1.29 is 4.74 Å². The maximum absolute atomic E-state index is 5.23.